The van der Waals surface area contributed by atoms with Crippen LogP contribution in [-0.2, 0) is 0 Å². The van der Waals surface area contributed by atoms with Crippen molar-refractivity contribution < 1.29 is 14.3 Å². The molecular formula is C17H14BrNO3. The predicted octanol–water partition coefficient (Wildman–Crippen LogP) is 3.66. The van der Waals surface area contributed by atoms with Crippen molar-refractivity contribution in [1.82, 2.24) is 5.32 Å². The van der Waals surface area contributed by atoms with Gasteiger partial charge in [0.15, 0.2) is 5.76 Å². The Morgan fingerprint density at radius 2 is 1.95 bits per heavy atom. The van der Waals surface area contributed by atoms with Gasteiger partial charge in [0.1, 0.15) is 5.58 Å². The zero-order valence-corrected chi connectivity index (χ0v) is 13.2. The van der Waals surface area contributed by atoms with Crippen LogP contribution in [-0.4, -0.2) is 17.6 Å². The Morgan fingerprint density at radius 1 is 1.18 bits per heavy atom. The summed E-state index contributed by atoms with van der Waals surface area (Å²) in [6, 6.07) is 16.1. The molecule has 0 saturated carbocycles. The van der Waals surface area contributed by atoms with Gasteiger partial charge in [0.2, 0.25) is 0 Å². The summed E-state index contributed by atoms with van der Waals surface area (Å²) in [6.07, 6.45) is 0. The smallest absolute Gasteiger partial charge is 0.287 e. The Bertz CT molecular complexity index is 798. The number of aliphatic hydroxyl groups excluding tert-OH is 1. The highest BCUT2D eigenvalue weighted by Gasteiger charge is 2.18. The molecule has 2 N–H and O–H groups in total. The molecule has 2 aromatic carbocycles. The molecule has 0 fully saturated rings. The van der Waals surface area contributed by atoms with Gasteiger partial charge >= 0.3 is 0 Å². The molecule has 0 radical (unpaired) electrons. The number of halogens is 1. The summed E-state index contributed by atoms with van der Waals surface area (Å²) >= 11 is 3.39. The average molecular weight is 360 g/mol. The van der Waals surface area contributed by atoms with E-state index < -0.39 is 6.04 Å². The van der Waals surface area contributed by atoms with E-state index in [1.54, 1.807) is 12.1 Å². The molecule has 1 heterocycles. The standard InChI is InChI=1S/C17H14BrNO3/c18-13-6-7-15-12(8-13)9-16(22-15)17(21)19-14(10-20)11-4-2-1-3-5-11/h1-9,14,20H,10H2,(H,19,21)/t14-/m1/s1. The summed E-state index contributed by atoms with van der Waals surface area (Å²) in [7, 11) is 0. The largest absolute Gasteiger partial charge is 0.451 e. The lowest BCUT2D eigenvalue weighted by Gasteiger charge is -2.15. The van der Waals surface area contributed by atoms with Crippen molar-refractivity contribution in [2.24, 2.45) is 0 Å². The van der Waals surface area contributed by atoms with Crippen molar-refractivity contribution in [3.63, 3.8) is 0 Å². The van der Waals surface area contributed by atoms with Crippen LogP contribution in [0, 0.1) is 0 Å². The van der Waals surface area contributed by atoms with Gasteiger partial charge in [-0.2, -0.15) is 0 Å². The Kier molecular flexibility index (Phi) is 4.27. The summed E-state index contributed by atoms with van der Waals surface area (Å²) in [5.41, 5.74) is 1.49. The number of fused-ring (bicyclic) bond motifs is 1. The Hall–Kier alpha value is -2.11. The van der Waals surface area contributed by atoms with Crippen LogP contribution in [0.5, 0.6) is 0 Å². The van der Waals surface area contributed by atoms with Crippen molar-refractivity contribution >= 4 is 32.8 Å². The molecule has 5 heteroatoms. The van der Waals surface area contributed by atoms with Gasteiger partial charge in [0.05, 0.1) is 12.6 Å². The van der Waals surface area contributed by atoms with Crippen molar-refractivity contribution in [3.8, 4) is 0 Å². The number of amides is 1. The average Bonchev–Trinajstić information content (AvgIpc) is 2.96. The molecule has 0 spiro atoms. The minimum Gasteiger partial charge on any atom is -0.451 e. The summed E-state index contributed by atoms with van der Waals surface area (Å²) in [5.74, 6) is -0.127. The first-order valence-corrected chi connectivity index (χ1v) is 7.62. The Morgan fingerprint density at radius 3 is 2.68 bits per heavy atom. The first-order chi connectivity index (χ1) is 10.7. The van der Waals surface area contributed by atoms with Crippen LogP contribution in [0.2, 0.25) is 0 Å². The lowest BCUT2D eigenvalue weighted by atomic mass is 10.1. The highest BCUT2D eigenvalue weighted by atomic mass is 79.9. The number of aliphatic hydroxyl groups is 1. The highest BCUT2D eigenvalue weighted by molar-refractivity contribution is 9.10. The van der Waals surface area contributed by atoms with Crippen molar-refractivity contribution in [3.05, 3.63) is 70.4 Å². The number of carbonyl (C=O) groups excluding carboxylic acids is 1. The monoisotopic (exact) mass is 359 g/mol. The van der Waals surface area contributed by atoms with E-state index in [1.807, 2.05) is 42.5 Å². The first kappa shape index (κ1) is 14.8. The molecule has 0 saturated heterocycles. The van der Waals surface area contributed by atoms with Crippen molar-refractivity contribution in [2.75, 3.05) is 6.61 Å². The third-order valence-electron chi connectivity index (χ3n) is 3.39. The second kappa shape index (κ2) is 6.34. The third-order valence-corrected chi connectivity index (χ3v) is 3.89. The molecule has 0 bridgehead atoms. The van der Waals surface area contributed by atoms with Gasteiger partial charge in [-0.3, -0.25) is 4.79 Å². The van der Waals surface area contributed by atoms with E-state index in [4.69, 9.17) is 4.42 Å². The zero-order valence-electron chi connectivity index (χ0n) is 11.6. The second-order valence-electron chi connectivity index (χ2n) is 4.91. The first-order valence-electron chi connectivity index (χ1n) is 6.83. The fourth-order valence-electron chi connectivity index (χ4n) is 2.28. The van der Waals surface area contributed by atoms with E-state index in [1.165, 1.54) is 0 Å². The number of benzene rings is 2. The summed E-state index contributed by atoms with van der Waals surface area (Å²) in [5, 5.41) is 13.1. The molecular weight excluding hydrogens is 346 g/mol. The van der Waals surface area contributed by atoms with Gasteiger partial charge in [0, 0.05) is 9.86 Å². The van der Waals surface area contributed by atoms with Crippen molar-refractivity contribution in [2.45, 2.75) is 6.04 Å². The Balaban J connectivity index is 1.83. The minimum absolute atomic E-state index is 0.179. The predicted molar refractivity (Wildman–Crippen MR) is 87.6 cm³/mol. The molecule has 3 rings (SSSR count). The quantitative estimate of drug-likeness (QED) is 0.747. The number of nitrogens with one attached hydrogen (secondary N) is 1. The second-order valence-corrected chi connectivity index (χ2v) is 5.83. The van der Waals surface area contributed by atoms with Crippen LogP contribution in [0.3, 0.4) is 0 Å². The molecule has 1 atom stereocenters. The number of furan rings is 1. The topological polar surface area (TPSA) is 62.5 Å². The van der Waals surface area contributed by atoms with E-state index in [0.717, 1.165) is 15.4 Å². The van der Waals surface area contributed by atoms with Crippen LogP contribution < -0.4 is 5.32 Å². The molecule has 0 unspecified atom stereocenters. The van der Waals surface area contributed by atoms with E-state index in [0.29, 0.717) is 5.58 Å². The van der Waals surface area contributed by atoms with E-state index in [9.17, 15) is 9.90 Å². The van der Waals surface area contributed by atoms with Crippen molar-refractivity contribution in [1.29, 1.82) is 0 Å². The molecule has 4 nitrogen and oxygen atoms in total. The van der Waals surface area contributed by atoms with Gasteiger partial charge in [0.25, 0.3) is 5.91 Å². The van der Waals surface area contributed by atoms with Crippen LogP contribution in [0.4, 0.5) is 0 Å². The maximum Gasteiger partial charge on any atom is 0.287 e. The zero-order chi connectivity index (χ0) is 15.5. The molecule has 0 aliphatic heterocycles. The molecule has 3 aromatic rings. The fourth-order valence-corrected chi connectivity index (χ4v) is 2.65. The minimum atomic E-state index is -0.464. The summed E-state index contributed by atoms with van der Waals surface area (Å²) in [6.45, 7) is -0.179. The molecule has 0 aliphatic rings. The van der Waals surface area contributed by atoms with Gasteiger partial charge in [-0.1, -0.05) is 46.3 Å². The molecule has 0 aliphatic carbocycles. The van der Waals surface area contributed by atoms with Gasteiger partial charge in [-0.15, -0.1) is 0 Å². The lowest BCUT2D eigenvalue weighted by molar-refractivity contribution is 0.0890. The normalized spacial score (nSPS) is 12.3. The third kappa shape index (κ3) is 3.05. The molecule has 1 aromatic heterocycles. The van der Waals surface area contributed by atoms with E-state index in [2.05, 4.69) is 21.2 Å². The molecule has 22 heavy (non-hydrogen) atoms. The van der Waals surface area contributed by atoms with Crippen LogP contribution in [0.15, 0.2) is 63.5 Å². The number of hydrogen-bond donors (Lipinski definition) is 2. The van der Waals surface area contributed by atoms with Crippen LogP contribution >= 0.6 is 15.9 Å². The summed E-state index contributed by atoms with van der Waals surface area (Å²) in [4.78, 5) is 12.3. The SMILES string of the molecule is O=C(N[C@H](CO)c1ccccc1)c1cc2cc(Br)ccc2o1. The number of hydrogen-bond acceptors (Lipinski definition) is 3. The number of rotatable bonds is 4. The van der Waals surface area contributed by atoms with Crippen LogP contribution in [0.1, 0.15) is 22.2 Å². The lowest BCUT2D eigenvalue weighted by Crippen LogP contribution is -2.30. The number of carbonyl (C=O) groups is 1. The van der Waals surface area contributed by atoms with Crippen LogP contribution in [0.25, 0.3) is 11.0 Å². The molecule has 1 amide bonds. The van der Waals surface area contributed by atoms with Gasteiger partial charge < -0.3 is 14.8 Å². The molecule has 112 valence electrons. The maximum atomic E-state index is 12.3. The maximum absolute atomic E-state index is 12.3. The van der Waals surface area contributed by atoms with Gasteiger partial charge in [-0.05, 0) is 29.8 Å². The Labute approximate surface area is 135 Å². The summed E-state index contributed by atoms with van der Waals surface area (Å²) < 4.78 is 6.47. The van der Waals surface area contributed by atoms with E-state index in [-0.39, 0.29) is 18.3 Å². The van der Waals surface area contributed by atoms with E-state index >= 15 is 0 Å². The van der Waals surface area contributed by atoms with Gasteiger partial charge in [-0.25, -0.2) is 0 Å². The fraction of sp³-hybridized carbons (Fsp3) is 0.118. The highest BCUT2D eigenvalue weighted by Crippen LogP contribution is 2.24.